The van der Waals surface area contributed by atoms with Gasteiger partial charge < -0.3 is 9.64 Å². The number of hydrogen-bond acceptors (Lipinski definition) is 5. The summed E-state index contributed by atoms with van der Waals surface area (Å²) in [5.41, 5.74) is 4.14. The van der Waals surface area contributed by atoms with Crippen LogP contribution in [-0.2, 0) is 4.79 Å². The number of benzene rings is 2. The van der Waals surface area contributed by atoms with Crippen molar-refractivity contribution < 1.29 is 9.53 Å². The van der Waals surface area contributed by atoms with Crippen molar-refractivity contribution in [3.05, 3.63) is 58.5 Å². The molecule has 1 amide bonds. The average molecular weight is 411 g/mol. The summed E-state index contributed by atoms with van der Waals surface area (Å²) < 4.78 is 5.92. The third-order valence-corrected chi connectivity index (χ3v) is 6.43. The van der Waals surface area contributed by atoms with Crippen LogP contribution in [0.4, 0.5) is 11.4 Å². The van der Waals surface area contributed by atoms with Crippen LogP contribution in [0.15, 0.2) is 47.4 Å². The van der Waals surface area contributed by atoms with Crippen LogP contribution in [0.1, 0.15) is 24.0 Å². The van der Waals surface area contributed by atoms with Crippen molar-refractivity contribution in [1.29, 1.82) is 0 Å². The Kier molecular flexibility index (Phi) is 5.42. The Morgan fingerprint density at radius 2 is 1.89 bits per heavy atom. The van der Waals surface area contributed by atoms with Crippen molar-refractivity contribution in [1.82, 2.24) is 0 Å². The van der Waals surface area contributed by atoms with Gasteiger partial charge in [-0.05, 0) is 61.2 Å². The second kappa shape index (κ2) is 7.97. The van der Waals surface area contributed by atoms with Gasteiger partial charge in [-0.3, -0.25) is 9.69 Å². The van der Waals surface area contributed by atoms with Gasteiger partial charge in [-0.25, -0.2) is 0 Å². The number of rotatable bonds is 4. The van der Waals surface area contributed by atoms with Gasteiger partial charge in [0, 0.05) is 18.8 Å². The molecule has 2 saturated heterocycles. The highest BCUT2D eigenvalue weighted by molar-refractivity contribution is 8.27. The Morgan fingerprint density at radius 1 is 1.14 bits per heavy atom. The first-order chi connectivity index (χ1) is 13.6. The van der Waals surface area contributed by atoms with E-state index in [1.54, 1.807) is 12.0 Å². The van der Waals surface area contributed by atoms with E-state index in [4.69, 9.17) is 17.0 Å². The molecular weight excluding hydrogens is 388 g/mol. The van der Waals surface area contributed by atoms with E-state index in [-0.39, 0.29) is 5.91 Å². The number of ether oxygens (including phenoxy) is 1. The monoisotopic (exact) mass is 410 g/mol. The highest BCUT2D eigenvalue weighted by Gasteiger charge is 2.34. The SMILES string of the molecule is COc1ccccc1N1C(=O)/C(=C\c2ccc(N3CCCC3)cc2C)SC1=S. The molecule has 2 aliphatic heterocycles. The van der Waals surface area contributed by atoms with Crippen molar-refractivity contribution in [2.45, 2.75) is 19.8 Å². The second-order valence-corrected chi connectivity index (χ2v) is 8.60. The molecule has 0 aromatic heterocycles. The lowest BCUT2D eigenvalue weighted by Gasteiger charge is -2.19. The molecule has 28 heavy (non-hydrogen) atoms. The molecule has 2 aromatic carbocycles. The number of methoxy groups -OCH3 is 1. The highest BCUT2D eigenvalue weighted by Crippen LogP contribution is 2.40. The van der Waals surface area contributed by atoms with Crippen LogP contribution in [0.25, 0.3) is 6.08 Å². The molecule has 0 unspecified atom stereocenters. The Labute approximate surface area is 175 Å². The van der Waals surface area contributed by atoms with Crippen LogP contribution in [0.2, 0.25) is 0 Å². The molecule has 0 spiro atoms. The number of amides is 1. The average Bonchev–Trinajstić information content (AvgIpc) is 3.32. The van der Waals surface area contributed by atoms with Crippen molar-refractivity contribution >= 4 is 51.7 Å². The van der Waals surface area contributed by atoms with Gasteiger partial charge in [-0.15, -0.1) is 0 Å². The number of hydrogen-bond donors (Lipinski definition) is 0. The number of carbonyl (C=O) groups excluding carboxylic acids is 1. The van der Waals surface area contributed by atoms with E-state index in [0.717, 1.165) is 24.2 Å². The fraction of sp³-hybridized carbons (Fsp3) is 0.273. The minimum Gasteiger partial charge on any atom is -0.495 e. The van der Waals surface area contributed by atoms with Gasteiger partial charge in [-0.1, -0.05) is 42.2 Å². The van der Waals surface area contributed by atoms with Gasteiger partial charge in [-0.2, -0.15) is 0 Å². The number of thioether (sulfide) groups is 1. The van der Waals surface area contributed by atoms with E-state index < -0.39 is 0 Å². The quantitative estimate of drug-likeness (QED) is 0.523. The van der Waals surface area contributed by atoms with Gasteiger partial charge in [0.2, 0.25) is 0 Å². The highest BCUT2D eigenvalue weighted by atomic mass is 32.2. The number of anilines is 2. The molecule has 0 atom stereocenters. The zero-order chi connectivity index (χ0) is 19.7. The second-order valence-electron chi connectivity index (χ2n) is 6.92. The van der Waals surface area contributed by atoms with Gasteiger partial charge in [0.1, 0.15) is 5.75 Å². The summed E-state index contributed by atoms with van der Waals surface area (Å²) in [6.07, 6.45) is 4.45. The molecule has 0 saturated carbocycles. The van der Waals surface area contributed by atoms with E-state index in [9.17, 15) is 4.79 Å². The topological polar surface area (TPSA) is 32.8 Å². The van der Waals surface area contributed by atoms with Gasteiger partial charge in [0.25, 0.3) is 5.91 Å². The van der Waals surface area contributed by atoms with E-state index in [1.807, 2.05) is 30.3 Å². The van der Waals surface area contributed by atoms with Crippen LogP contribution >= 0.6 is 24.0 Å². The molecule has 4 rings (SSSR count). The lowest BCUT2D eigenvalue weighted by molar-refractivity contribution is -0.113. The van der Waals surface area contributed by atoms with Gasteiger partial charge in [0.05, 0.1) is 17.7 Å². The summed E-state index contributed by atoms with van der Waals surface area (Å²) in [6.45, 7) is 4.33. The van der Waals surface area contributed by atoms with Crippen LogP contribution in [0.3, 0.4) is 0 Å². The van der Waals surface area contributed by atoms with Crippen molar-refractivity contribution in [2.24, 2.45) is 0 Å². The molecular formula is C22H22N2O2S2. The van der Waals surface area contributed by atoms with E-state index in [2.05, 4.69) is 30.0 Å². The minimum absolute atomic E-state index is 0.109. The normalized spacial score (nSPS) is 18.4. The predicted molar refractivity (Wildman–Crippen MR) is 121 cm³/mol. The largest absolute Gasteiger partial charge is 0.495 e. The van der Waals surface area contributed by atoms with Crippen LogP contribution < -0.4 is 14.5 Å². The maximum Gasteiger partial charge on any atom is 0.270 e. The Balaban J connectivity index is 1.62. The molecule has 0 bridgehead atoms. The summed E-state index contributed by atoms with van der Waals surface area (Å²) in [6, 6.07) is 13.9. The van der Waals surface area contributed by atoms with Crippen molar-refractivity contribution in [3.63, 3.8) is 0 Å². The van der Waals surface area contributed by atoms with E-state index in [1.165, 1.54) is 30.3 Å². The summed E-state index contributed by atoms with van der Waals surface area (Å²) in [5, 5.41) is 0. The molecule has 2 heterocycles. The molecule has 144 valence electrons. The summed E-state index contributed by atoms with van der Waals surface area (Å²) >= 11 is 6.82. The zero-order valence-corrected chi connectivity index (χ0v) is 17.6. The van der Waals surface area contributed by atoms with Crippen LogP contribution in [0, 0.1) is 6.92 Å². The zero-order valence-electron chi connectivity index (χ0n) is 16.0. The van der Waals surface area contributed by atoms with E-state index >= 15 is 0 Å². The van der Waals surface area contributed by atoms with E-state index in [0.29, 0.717) is 20.7 Å². The summed E-state index contributed by atoms with van der Waals surface area (Å²) in [5.74, 6) is 0.522. The summed E-state index contributed by atoms with van der Waals surface area (Å²) in [4.78, 5) is 17.7. The Hall–Kier alpha value is -2.31. The molecule has 0 aliphatic carbocycles. The fourth-order valence-electron chi connectivity index (χ4n) is 3.63. The molecule has 0 N–H and O–H groups in total. The van der Waals surface area contributed by atoms with Crippen LogP contribution in [0.5, 0.6) is 5.75 Å². The minimum atomic E-state index is -0.109. The van der Waals surface area contributed by atoms with Gasteiger partial charge in [0.15, 0.2) is 4.32 Å². The van der Waals surface area contributed by atoms with Gasteiger partial charge >= 0.3 is 0 Å². The fourth-order valence-corrected chi connectivity index (χ4v) is 4.90. The Morgan fingerprint density at radius 3 is 2.61 bits per heavy atom. The molecule has 4 nitrogen and oxygen atoms in total. The smallest absolute Gasteiger partial charge is 0.270 e. The maximum absolute atomic E-state index is 13.1. The maximum atomic E-state index is 13.1. The van der Waals surface area contributed by atoms with Crippen LogP contribution in [-0.4, -0.2) is 30.4 Å². The van der Waals surface area contributed by atoms with Crippen molar-refractivity contribution in [2.75, 3.05) is 30.0 Å². The first kappa shape index (κ1) is 19.0. The number of thiocarbonyl (C=S) groups is 1. The van der Waals surface area contributed by atoms with Crippen molar-refractivity contribution in [3.8, 4) is 5.75 Å². The number of nitrogens with zero attached hydrogens (tertiary/aromatic N) is 2. The molecule has 0 radical (unpaired) electrons. The molecule has 6 heteroatoms. The Bertz CT molecular complexity index is 965. The predicted octanol–water partition coefficient (Wildman–Crippen LogP) is 5.01. The third-order valence-electron chi connectivity index (χ3n) is 5.13. The standard InChI is InChI=1S/C22H22N2O2S2/c1-15-13-17(23-11-5-6-12-23)10-9-16(15)14-20-21(25)24(22(27)28-20)18-7-3-4-8-19(18)26-2/h3-4,7-10,13-14H,5-6,11-12H2,1-2H3/b20-14+. The molecule has 2 aliphatic rings. The molecule has 2 aromatic rings. The lowest BCUT2D eigenvalue weighted by Crippen LogP contribution is -2.27. The summed E-state index contributed by atoms with van der Waals surface area (Å²) in [7, 11) is 1.59. The number of para-hydroxylation sites is 2. The lowest BCUT2D eigenvalue weighted by atomic mass is 10.1. The first-order valence-electron chi connectivity index (χ1n) is 9.35. The third kappa shape index (κ3) is 3.54. The number of carbonyl (C=O) groups is 1. The number of aryl methyl sites for hydroxylation is 1. The molecule has 2 fully saturated rings. The first-order valence-corrected chi connectivity index (χ1v) is 10.6.